The molecule has 14 heavy (non-hydrogen) atoms. The molecule has 0 saturated heterocycles. The molecule has 0 bridgehead atoms. The molecule has 0 aromatic heterocycles. The van der Waals surface area contributed by atoms with E-state index < -0.39 is 17.5 Å². The van der Waals surface area contributed by atoms with Gasteiger partial charge in [0.1, 0.15) is 0 Å². The molecule has 76 valence electrons. The Kier molecular flexibility index (Phi) is 3.21. The molecule has 0 unspecified atom stereocenters. The van der Waals surface area contributed by atoms with E-state index in [4.69, 9.17) is 0 Å². The van der Waals surface area contributed by atoms with E-state index in [0.717, 1.165) is 6.07 Å². The summed E-state index contributed by atoms with van der Waals surface area (Å²) >= 11 is 2.99. The number of carbonyl (C=O) groups excluding carboxylic acids is 1. The molecule has 5 heteroatoms. The molecule has 0 N–H and O–H groups in total. The van der Waals surface area contributed by atoms with E-state index in [1.54, 1.807) is 0 Å². The number of nitrogens with zero attached hydrogens (tertiary/aromatic N) is 1. The first-order valence-electron chi connectivity index (χ1n) is 3.79. The molecule has 0 atom stereocenters. The van der Waals surface area contributed by atoms with Gasteiger partial charge in [-0.25, -0.2) is 8.78 Å². The lowest BCUT2D eigenvalue weighted by atomic mass is 10.2. The van der Waals surface area contributed by atoms with Gasteiger partial charge in [-0.05, 0) is 12.1 Å². The Morgan fingerprint density at radius 3 is 2.43 bits per heavy atom. The highest BCUT2D eigenvalue weighted by Crippen LogP contribution is 2.19. The number of amides is 1. The van der Waals surface area contributed by atoms with Crippen LogP contribution in [-0.2, 0) is 0 Å². The normalized spacial score (nSPS) is 10.1. The molecule has 0 radical (unpaired) electrons. The van der Waals surface area contributed by atoms with Crippen molar-refractivity contribution in [2.75, 3.05) is 14.1 Å². The van der Waals surface area contributed by atoms with Crippen molar-refractivity contribution in [2.45, 2.75) is 0 Å². The molecule has 1 rings (SSSR count). The molecule has 0 aliphatic carbocycles. The molecule has 2 nitrogen and oxygen atoms in total. The minimum Gasteiger partial charge on any atom is -0.345 e. The van der Waals surface area contributed by atoms with Crippen molar-refractivity contribution < 1.29 is 13.6 Å². The third-order valence-corrected chi connectivity index (χ3v) is 2.09. The summed E-state index contributed by atoms with van der Waals surface area (Å²) in [6.45, 7) is 0. The van der Waals surface area contributed by atoms with Gasteiger partial charge in [-0.1, -0.05) is 15.9 Å². The van der Waals surface area contributed by atoms with Crippen LogP contribution in [0.3, 0.4) is 0 Å². The van der Waals surface area contributed by atoms with Gasteiger partial charge in [-0.15, -0.1) is 0 Å². The highest BCUT2D eigenvalue weighted by molar-refractivity contribution is 9.10. The van der Waals surface area contributed by atoms with E-state index >= 15 is 0 Å². The van der Waals surface area contributed by atoms with Crippen molar-refractivity contribution in [3.05, 3.63) is 33.8 Å². The number of benzene rings is 1. The molecule has 1 aromatic rings. The first kappa shape index (κ1) is 11.1. The first-order chi connectivity index (χ1) is 6.43. The zero-order valence-electron chi connectivity index (χ0n) is 7.64. The summed E-state index contributed by atoms with van der Waals surface area (Å²) in [7, 11) is 2.95. The van der Waals surface area contributed by atoms with Crippen LogP contribution in [0.15, 0.2) is 16.6 Å². The van der Waals surface area contributed by atoms with Crippen LogP contribution < -0.4 is 0 Å². The third-order valence-electron chi connectivity index (χ3n) is 1.63. The van der Waals surface area contributed by atoms with Gasteiger partial charge in [0.15, 0.2) is 11.6 Å². The second-order valence-electron chi connectivity index (χ2n) is 2.95. The summed E-state index contributed by atoms with van der Waals surface area (Å²) in [6, 6.07) is 2.22. The molecule has 0 aliphatic heterocycles. The van der Waals surface area contributed by atoms with Gasteiger partial charge in [0.2, 0.25) is 0 Å². The van der Waals surface area contributed by atoms with E-state index in [0.29, 0.717) is 4.47 Å². The van der Waals surface area contributed by atoms with Crippen molar-refractivity contribution in [3.63, 3.8) is 0 Å². The summed E-state index contributed by atoms with van der Waals surface area (Å²) < 4.78 is 26.4. The van der Waals surface area contributed by atoms with E-state index in [9.17, 15) is 13.6 Å². The average Bonchev–Trinajstić information content (AvgIpc) is 2.09. The van der Waals surface area contributed by atoms with Gasteiger partial charge in [-0.3, -0.25) is 4.79 Å². The predicted octanol–water partition coefficient (Wildman–Crippen LogP) is 2.43. The van der Waals surface area contributed by atoms with Gasteiger partial charge >= 0.3 is 0 Å². The summed E-state index contributed by atoms with van der Waals surface area (Å²) in [4.78, 5) is 12.6. The standard InChI is InChI=1S/C9H8BrF2NO/c1-13(2)9(14)6-3-5(10)4-7(11)8(6)12/h3-4H,1-2H3. The van der Waals surface area contributed by atoms with Crippen LogP contribution in [0.4, 0.5) is 8.78 Å². The lowest BCUT2D eigenvalue weighted by molar-refractivity contribution is 0.0822. The van der Waals surface area contributed by atoms with Crippen LogP contribution in [-0.4, -0.2) is 24.9 Å². The Labute approximate surface area is 88.6 Å². The number of halogens is 3. The Hall–Kier alpha value is -0.970. The van der Waals surface area contributed by atoms with Gasteiger partial charge in [-0.2, -0.15) is 0 Å². The maximum Gasteiger partial charge on any atom is 0.256 e. The number of hydrogen-bond acceptors (Lipinski definition) is 1. The summed E-state index contributed by atoms with van der Waals surface area (Å²) in [5.74, 6) is -2.72. The fraction of sp³-hybridized carbons (Fsp3) is 0.222. The second kappa shape index (κ2) is 4.04. The molecular formula is C9H8BrF2NO. The zero-order chi connectivity index (χ0) is 10.9. The monoisotopic (exact) mass is 263 g/mol. The molecule has 0 saturated carbocycles. The quantitative estimate of drug-likeness (QED) is 0.713. The number of carbonyl (C=O) groups is 1. The molecule has 0 heterocycles. The second-order valence-corrected chi connectivity index (χ2v) is 3.86. The predicted molar refractivity (Wildman–Crippen MR) is 52.1 cm³/mol. The minimum atomic E-state index is -1.12. The maximum atomic E-state index is 13.1. The Balaban J connectivity index is 3.27. The Bertz CT molecular complexity index is 379. The molecule has 0 spiro atoms. The fourth-order valence-electron chi connectivity index (χ4n) is 0.953. The van der Waals surface area contributed by atoms with Crippen LogP contribution in [0.5, 0.6) is 0 Å². The van der Waals surface area contributed by atoms with Crippen LogP contribution in [0.2, 0.25) is 0 Å². The molecule has 1 aromatic carbocycles. The average molecular weight is 264 g/mol. The molecule has 0 aliphatic rings. The largest absolute Gasteiger partial charge is 0.345 e. The lowest BCUT2D eigenvalue weighted by Gasteiger charge is -2.11. The molecule has 1 amide bonds. The van der Waals surface area contributed by atoms with Crippen LogP contribution in [0, 0.1) is 11.6 Å². The summed E-state index contributed by atoms with van der Waals surface area (Å²) in [5.41, 5.74) is -0.276. The van der Waals surface area contributed by atoms with Crippen LogP contribution in [0.1, 0.15) is 10.4 Å². The number of rotatable bonds is 1. The summed E-state index contributed by atoms with van der Waals surface area (Å²) in [5, 5.41) is 0. The Morgan fingerprint density at radius 2 is 1.93 bits per heavy atom. The molecule has 0 fully saturated rings. The third kappa shape index (κ3) is 2.09. The SMILES string of the molecule is CN(C)C(=O)c1cc(Br)cc(F)c1F. The zero-order valence-corrected chi connectivity index (χ0v) is 9.23. The van der Waals surface area contributed by atoms with Crippen molar-refractivity contribution in [2.24, 2.45) is 0 Å². The van der Waals surface area contributed by atoms with E-state index in [1.165, 1.54) is 25.1 Å². The van der Waals surface area contributed by atoms with E-state index in [-0.39, 0.29) is 5.56 Å². The smallest absolute Gasteiger partial charge is 0.256 e. The van der Waals surface area contributed by atoms with Gasteiger partial charge < -0.3 is 4.90 Å². The van der Waals surface area contributed by atoms with E-state index in [1.807, 2.05) is 0 Å². The van der Waals surface area contributed by atoms with Crippen molar-refractivity contribution >= 4 is 21.8 Å². The van der Waals surface area contributed by atoms with Gasteiger partial charge in [0, 0.05) is 18.6 Å². The summed E-state index contributed by atoms with van der Waals surface area (Å²) in [6.07, 6.45) is 0. The van der Waals surface area contributed by atoms with Gasteiger partial charge in [0.05, 0.1) is 5.56 Å². The van der Waals surface area contributed by atoms with E-state index in [2.05, 4.69) is 15.9 Å². The fourth-order valence-corrected chi connectivity index (χ4v) is 1.38. The molecular weight excluding hydrogens is 256 g/mol. The highest BCUT2D eigenvalue weighted by atomic mass is 79.9. The van der Waals surface area contributed by atoms with Crippen molar-refractivity contribution in [1.82, 2.24) is 4.90 Å². The highest BCUT2D eigenvalue weighted by Gasteiger charge is 2.17. The van der Waals surface area contributed by atoms with Crippen LogP contribution in [0.25, 0.3) is 0 Å². The lowest BCUT2D eigenvalue weighted by Crippen LogP contribution is -2.23. The maximum absolute atomic E-state index is 13.1. The first-order valence-corrected chi connectivity index (χ1v) is 4.59. The van der Waals surface area contributed by atoms with Crippen molar-refractivity contribution in [3.8, 4) is 0 Å². The number of hydrogen-bond donors (Lipinski definition) is 0. The topological polar surface area (TPSA) is 20.3 Å². The van der Waals surface area contributed by atoms with Crippen molar-refractivity contribution in [1.29, 1.82) is 0 Å². The van der Waals surface area contributed by atoms with Crippen LogP contribution >= 0.6 is 15.9 Å². The minimum absolute atomic E-state index is 0.276. The Morgan fingerprint density at radius 1 is 1.36 bits per heavy atom. The van der Waals surface area contributed by atoms with Gasteiger partial charge in [0.25, 0.3) is 5.91 Å².